The summed E-state index contributed by atoms with van der Waals surface area (Å²) in [6, 6.07) is 11.0. The molecule has 1 saturated heterocycles. The monoisotopic (exact) mass is 490 g/mol. The largest absolute Gasteiger partial charge is 0.507 e. The number of carbonyl (C=O) groups is 2. The smallest absolute Gasteiger partial charge is 0.295 e. The first kappa shape index (κ1) is 25.1. The van der Waals surface area contributed by atoms with E-state index in [4.69, 9.17) is 27.9 Å². The zero-order chi connectivity index (χ0) is 24.1. The van der Waals surface area contributed by atoms with Gasteiger partial charge in [-0.25, -0.2) is 0 Å². The number of rotatable bonds is 9. The minimum absolute atomic E-state index is 0.0337. The van der Waals surface area contributed by atoms with Crippen molar-refractivity contribution in [3.63, 3.8) is 0 Å². The van der Waals surface area contributed by atoms with Crippen molar-refractivity contribution >= 4 is 40.7 Å². The van der Waals surface area contributed by atoms with Crippen LogP contribution < -0.4 is 4.74 Å². The Hall–Kier alpha value is -2.54. The van der Waals surface area contributed by atoms with E-state index in [-0.39, 0.29) is 16.4 Å². The maximum atomic E-state index is 13.1. The maximum Gasteiger partial charge on any atom is 0.295 e. The van der Waals surface area contributed by atoms with Crippen LogP contribution in [0.3, 0.4) is 0 Å². The van der Waals surface area contributed by atoms with Gasteiger partial charge in [0.1, 0.15) is 11.5 Å². The number of halogens is 2. The number of nitrogens with zero attached hydrogens (tertiary/aromatic N) is 2. The van der Waals surface area contributed by atoms with Crippen molar-refractivity contribution in [3.8, 4) is 5.75 Å². The number of aliphatic hydroxyl groups is 1. The van der Waals surface area contributed by atoms with E-state index >= 15 is 0 Å². The number of carbonyl (C=O) groups excluding carboxylic acids is 2. The highest BCUT2D eigenvalue weighted by Crippen LogP contribution is 2.40. The number of ether oxygens (including phenoxy) is 1. The second-order valence-corrected chi connectivity index (χ2v) is 8.62. The average molecular weight is 491 g/mol. The highest BCUT2D eigenvalue weighted by atomic mass is 35.5. The lowest BCUT2D eigenvalue weighted by Gasteiger charge is -2.27. The molecule has 0 spiro atoms. The van der Waals surface area contributed by atoms with E-state index in [2.05, 4.69) is 18.7 Å². The molecular weight excluding hydrogens is 463 g/mol. The summed E-state index contributed by atoms with van der Waals surface area (Å²) in [7, 11) is 1.49. The van der Waals surface area contributed by atoms with Crippen LogP contribution in [0, 0.1) is 0 Å². The Labute approximate surface area is 204 Å². The number of Topliss-reactive ketones (excluding diaryl/α,β-unsaturated/α-hetero) is 1. The van der Waals surface area contributed by atoms with Gasteiger partial charge in [-0.05, 0) is 62.0 Å². The quantitative estimate of drug-likeness (QED) is 0.298. The van der Waals surface area contributed by atoms with E-state index in [1.807, 2.05) is 0 Å². The van der Waals surface area contributed by atoms with Gasteiger partial charge in [-0.1, -0.05) is 49.2 Å². The summed E-state index contributed by atoms with van der Waals surface area (Å²) in [4.78, 5) is 29.9. The molecule has 3 rings (SSSR count). The van der Waals surface area contributed by atoms with Gasteiger partial charge in [0, 0.05) is 17.1 Å². The first-order chi connectivity index (χ1) is 15.8. The van der Waals surface area contributed by atoms with Gasteiger partial charge < -0.3 is 19.6 Å². The number of hydrogen-bond acceptors (Lipinski definition) is 5. The highest BCUT2D eigenvalue weighted by Gasteiger charge is 2.45. The van der Waals surface area contributed by atoms with Gasteiger partial charge in [0.15, 0.2) is 0 Å². The van der Waals surface area contributed by atoms with Crippen LogP contribution in [0.4, 0.5) is 0 Å². The summed E-state index contributed by atoms with van der Waals surface area (Å²) in [5, 5.41) is 12.0. The highest BCUT2D eigenvalue weighted by molar-refractivity contribution is 6.46. The van der Waals surface area contributed by atoms with Crippen molar-refractivity contribution in [3.05, 3.63) is 69.2 Å². The number of ketones is 1. The molecular formula is C25H28Cl2N2O4. The number of likely N-dealkylation sites (tertiary alicyclic amines) is 1. The standard InChI is InChI=1S/C25H28Cl2N2O4/c1-4-28(5-2)13-6-14-29-22(16-7-10-18(26)11-8-16)21(24(31)25(29)32)23(30)17-9-12-20(33-3)19(27)15-17/h7-12,15,22,30H,4-6,13-14H2,1-3H3/b23-21+/t22-/m0/s1. The lowest BCUT2D eigenvalue weighted by atomic mass is 9.95. The molecule has 0 radical (unpaired) electrons. The third-order valence-corrected chi connectivity index (χ3v) is 6.47. The molecule has 176 valence electrons. The van der Waals surface area contributed by atoms with Gasteiger partial charge >= 0.3 is 0 Å². The summed E-state index contributed by atoms with van der Waals surface area (Å²) in [6.45, 7) is 7.18. The first-order valence-corrected chi connectivity index (χ1v) is 11.7. The summed E-state index contributed by atoms with van der Waals surface area (Å²) in [5.74, 6) is -1.18. The summed E-state index contributed by atoms with van der Waals surface area (Å²) >= 11 is 12.3. The van der Waals surface area contributed by atoms with Crippen molar-refractivity contribution < 1.29 is 19.4 Å². The number of benzene rings is 2. The number of hydrogen-bond donors (Lipinski definition) is 1. The van der Waals surface area contributed by atoms with E-state index in [1.54, 1.807) is 36.4 Å². The van der Waals surface area contributed by atoms with Crippen LogP contribution in [0.15, 0.2) is 48.0 Å². The van der Waals surface area contributed by atoms with Gasteiger partial charge in [-0.2, -0.15) is 0 Å². The maximum absolute atomic E-state index is 13.1. The molecule has 8 heteroatoms. The molecule has 6 nitrogen and oxygen atoms in total. The van der Waals surface area contributed by atoms with Crippen LogP contribution >= 0.6 is 23.2 Å². The SMILES string of the molecule is CCN(CC)CCCN1C(=O)C(=O)/C(=C(/O)c2ccc(OC)c(Cl)c2)[C@@H]1c1ccc(Cl)cc1. The Kier molecular flexibility index (Phi) is 8.40. The molecule has 1 heterocycles. The Morgan fingerprint density at radius 2 is 1.76 bits per heavy atom. The van der Waals surface area contributed by atoms with Gasteiger partial charge in [-0.3, -0.25) is 9.59 Å². The second kappa shape index (κ2) is 11.1. The van der Waals surface area contributed by atoms with Crippen molar-refractivity contribution in [2.75, 3.05) is 33.3 Å². The third-order valence-electron chi connectivity index (χ3n) is 5.92. The summed E-state index contributed by atoms with van der Waals surface area (Å²) in [6.07, 6.45) is 0.702. The Balaban J connectivity index is 2.04. The van der Waals surface area contributed by atoms with Crippen LogP contribution in [0.25, 0.3) is 5.76 Å². The molecule has 0 aliphatic carbocycles. The fourth-order valence-electron chi connectivity index (χ4n) is 4.08. The fourth-order valence-corrected chi connectivity index (χ4v) is 4.46. The third kappa shape index (κ3) is 5.35. The predicted molar refractivity (Wildman–Crippen MR) is 131 cm³/mol. The lowest BCUT2D eigenvalue weighted by molar-refractivity contribution is -0.140. The Bertz CT molecular complexity index is 1050. The molecule has 33 heavy (non-hydrogen) atoms. The zero-order valence-electron chi connectivity index (χ0n) is 19.0. The topological polar surface area (TPSA) is 70.1 Å². The first-order valence-electron chi connectivity index (χ1n) is 10.9. The van der Waals surface area contributed by atoms with Crippen LogP contribution in [-0.4, -0.2) is 59.9 Å². The molecule has 0 saturated carbocycles. The van der Waals surface area contributed by atoms with Gasteiger partial charge in [0.2, 0.25) is 0 Å². The molecule has 1 amide bonds. The van der Waals surface area contributed by atoms with Crippen molar-refractivity contribution in [2.24, 2.45) is 0 Å². The molecule has 0 bridgehead atoms. The molecule has 0 aromatic heterocycles. The lowest BCUT2D eigenvalue weighted by Crippen LogP contribution is -2.33. The summed E-state index contributed by atoms with van der Waals surface area (Å²) in [5.41, 5.74) is 1.06. The summed E-state index contributed by atoms with van der Waals surface area (Å²) < 4.78 is 5.17. The predicted octanol–water partition coefficient (Wildman–Crippen LogP) is 5.16. The molecule has 1 atom stereocenters. The van der Waals surface area contributed by atoms with E-state index in [0.717, 1.165) is 19.6 Å². The molecule has 1 N–H and O–H groups in total. The van der Waals surface area contributed by atoms with Gasteiger partial charge in [-0.15, -0.1) is 0 Å². The van der Waals surface area contributed by atoms with Crippen molar-refractivity contribution in [1.82, 2.24) is 9.80 Å². The van der Waals surface area contributed by atoms with Crippen LogP contribution in [0.5, 0.6) is 5.75 Å². The number of aliphatic hydroxyl groups excluding tert-OH is 1. The van der Waals surface area contributed by atoms with E-state index in [9.17, 15) is 14.7 Å². The second-order valence-electron chi connectivity index (χ2n) is 7.77. The van der Waals surface area contributed by atoms with Crippen LogP contribution in [0.2, 0.25) is 10.0 Å². The molecule has 2 aromatic rings. The minimum Gasteiger partial charge on any atom is -0.507 e. The van der Waals surface area contributed by atoms with Crippen molar-refractivity contribution in [1.29, 1.82) is 0 Å². The zero-order valence-corrected chi connectivity index (χ0v) is 20.5. The Morgan fingerprint density at radius 1 is 1.09 bits per heavy atom. The van der Waals surface area contributed by atoms with Crippen molar-refractivity contribution in [2.45, 2.75) is 26.3 Å². The molecule has 1 fully saturated rings. The van der Waals surface area contributed by atoms with Crippen LogP contribution in [0.1, 0.15) is 37.4 Å². The Morgan fingerprint density at radius 3 is 2.33 bits per heavy atom. The normalized spacial score (nSPS) is 17.8. The average Bonchev–Trinajstić information content (AvgIpc) is 3.06. The van der Waals surface area contributed by atoms with Gasteiger partial charge in [0.05, 0.1) is 23.7 Å². The van der Waals surface area contributed by atoms with E-state index in [0.29, 0.717) is 34.9 Å². The molecule has 2 aromatic carbocycles. The molecule has 0 unspecified atom stereocenters. The van der Waals surface area contributed by atoms with Gasteiger partial charge in [0.25, 0.3) is 11.7 Å². The molecule has 1 aliphatic heterocycles. The molecule has 1 aliphatic rings. The number of amides is 1. The van der Waals surface area contributed by atoms with Crippen LogP contribution in [-0.2, 0) is 9.59 Å². The van der Waals surface area contributed by atoms with E-state index < -0.39 is 17.7 Å². The number of methoxy groups -OCH3 is 1. The van der Waals surface area contributed by atoms with E-state index in [1.165, 1.54) is 18.1 Å². The minimum atomic E-state index is -0.722. The fraction of sp³-hybridized carbons (Fsp3) is 0.360.